The Morgan fingerprint density at radius 3 is 2.57 bits per heavy atom. The highest BCUT2D eigenvalue weighted by atomic mass is 16.3. The molecule has 0 radical (unpaired) electrons. The Kier molecular flexibility index (Phi) is 5.35. The first-order valence-corrected chi connectivity index (χ1v) is 7.51. The molecule has 1 aromatic rings. The van der Waals surface area contributed by atoms with Gasteiger partial charge in [0.2, 0.25) is 5.91 Å². The molecule has 0 aliphatic heterocycles. The molecule has 1 aliphatic carbocycles. The molecule has 0 heterocycles. The van der Waals surface area contributed by atoms with Gasteiger partial charge in [0, 0.05) is 12.0 Å². The molecule has 1 aromatic carbocycles. The third-order valence-electron chi connectivity index (χ3n) is 4.39. The SMILES string of the molecule is N#CC(Cc1ccccc1)C(=O)NCC1(CO)CCCC1. The topological polar surface area (TPSA) is 73.1 Å². The van der Waals surface area contributed by atoms with Crippen molar-refractivity contribution in [1.82, 2.24) is 5.32 Å². The smallest absolute Gasteiger partial charge is 0.237 e. The van der Waals surface area contributed by atoms with Gasteiger partial charge in [0.15, 0.2) is 0 Å². The minimum Gasteiger partial charge on any atom is -0.396 e. The molecule has 2 rings (SSSR count). The van der Waals surface area contributed by atoms with Crippen molar-refractivity contribution < 1.29 is 9.90 Å². The van der Waals surface area contributed by atoms with Gasteiger partial charge in [-0.25, -0.2) is 0 Å². The van der Waals surface area contributed by atoms with E-state index in [1.54, 1.807) is 0 Å². The lowest BCUT2D eigenvalue weighted by Crippen LogP contribution is -2.41. The van der Waals surface area contributed by atoms with E-state index < -0.39 is 5.92 Å². The van der Waals surface area contributed by atoms with Gasteiger partial charge in [0.05, 0.1) is 12.7 Å². The zero-order chi connectivity index (χ0) is 15.1. The Hall–Kier alpha value is -1.86. The molecular weight excluding hydrogens is 264 g/mol. The van der Waals surface area contributed by atoms with Gasteiger partial charge in [-0.15, -0.1) is 0 Å². The first-order valence-electron chi connectivity index (χ1n) is 7.51. The minimum atomic E-state index is -0.676. The van der Waals surface area contributed by atoms with Crippen LogP contribution >= 0.6 is 0 Å². The molecule has 112 valence electrons. The van der Waals surface area contributed by atoms with Crippen LogP contribution < -0.4 is 5.32 Å². The predicted octanol–water partition coefficient (Wildman–Crippen LogP) is 2.04. The molecular formula is C17H22N2O2. The summed E-state index contributed by atoms with van der Waals surface area (Å²) in [4.78, 5) is 12.2. The molecule has 2 N–H and O–H groups in total. The number of carbonyl (C=O) groups excluding carboxylic acids is 1. The van der Waals surface area contributed by atoms with Crippen molar-refractivity contribution in [1.29, 1.82) is 5.26 Å². The summed E-state index contributed by atoms with van der Waals surface area (Å²) >= 11 is 0. The van der Waals surface area contributed by atoms with Crippen molar-refractivity contribution in [3.63, 3.8) is 0 Å². The molecule has 1 aliphatic rings. The van der Waals surface area contributed by atoms with Crippen LogP contribution in [0.25, 0.3) is 0 Å². The number of nitrogens with zero attached hydrogens (tertiary/aromatic N) is 1. The lowest BCUT2D eigenvalue weighted by Gasteiger charge is -2.27. The fourth-order valence-corrected chi connectivity index (χ4v) is 2.96. The Labute approximate surface area is 125 Å². The molecule has 4 nitrogen and oxygen atoms in total. The number of hydrogen-bond donors (Lipinski definition) is 2. The van der Waals surface area contributed by atoms with Gasteiger partial charge < -0.3 is 10.4 Å². The van der Waals surface area contributed by atoms with E-state index in [2.05, 4.69) is 11.4 Å². The molecule has 4 heteroatoms. The van der Waals surface area contributed by atoms with Crippen molar-refractivity contribution >= 4 is 5.91 Å². The first-order chi connectivity index (χ1) is 10.2. The quantitative estimate of drug-likeness (QED) is 0.840. The van der Waals surface area contributed by atoms with Crippen LogP contribution in [0.2, 0.25) is 0 Å². The van der Waals surface area contributed by atoms with Gasteiger partial charge in [0.1, 0.15) is 5.92 Å². The largest absolute Gasteiger partial charge is 0.396 e. The summed E-state index contributed by atoms with van der Waals surface area (Å²) in [5.74, 6) is -0.911. The summed E-state index contributed by atoms with van der Waals surface area (Å²) in [5, 5.41) is 21.6. The lowest BCUT2D eigenvalue weighted by molar-refractivity contribution is -0.124. The van der Waals surface area contributed by atoms with Crippen LogP contribution in [-0.4, -0.2) is 24.2 Å². The lowest BCUT2D eigenvalue weighted by atomic mass is 9.87. The number of benzene rings is 1. The van der Waals surface area contributed by atoms with Crippen LogP contribution in [0.1, 0.15) is 31.2 Å². The highest BCUT2D eigenvalue weighted by Crippen LogP contribution is 2.36. The molecule has 1 unspecified atom stereocenters. The maximum Gasteiger partial charge on any atom is 0.237 e. The van der Waals surface area contributed by atoms with Gasteiger partial charge in [-0.3, -0.25) is 4.79 Å². The molecule has 0 bridgehead atoms. The second-order valence-corrected chi connectivity index (χ2v) is 5.95. The summed E-state index contributed by atoms with van der Waals surface area (Å²) in [5.41, 5.74) is 0.805. The van der Waals surface area contributed by atoms with E-state index in [1.165, 1.54) is 0 Å². The van der Waals surface area contributed by atoms with Crippen molar-refractivity contribution in [3.05, 3.63) is 35.9 Å². The maximum atomic E-state index is 12.2. The zero-order valence-corrected chi connectivity index (χ0v) is 12.2. The summed E-state index contributed by atoms with van der Waals surface area (Å²) in [7, 11) is 0. The van der Waals surface area contributed by atoms with Gasteiger partial charge in [-0.1, -0.05) is 43.2 Å². The molecule has 1 atom stereocenters. The van der Waals surface area contributed by atoms with Gasteiger partial charge in [-0.2, -0.15) is 5.26 Å². The van der Waals surface area contributed by atoms with Crippen LogP contribution in [0.15, 0.2) is 30.3 Å². The molecule has 1 saturated carbocycles. The van der Waals surface area contributed by atoms with Crippen molar-refractivity contribution in [2.45, 2.75) is 32.1 Å². The number of aliphatic hydroxyl groups is 1. The van der Waals surface area contributed by atoms with Gasteiger partial charge >= 0.3 is 0 Å². The molecule has 0 spiro atoms. The Morgan fingerprint density at radius 1 is 1.33 bits per heavy atom. The highest BCUT2D eigenvalue weighted by Gasteiger charge is 2.34. The summed E-state index contributed by atoms with van der Waals surface area (Å²) in [6.07, 6.45) is 4.51. The Morgan fingerprint density at radius 2 is 2.00 bits per heavy atom. The maximum absolute atomic E-state index is 12.2. The fourth-order valence-electron chi connectivity index (χ4n) is 2.96. The number of nitrogens with one attached hydrogen (secondary N) is 1. The second-order valence-electron chi connectivity index (χ2n) is 5.95. The summed E-state index contributed by atoms with van der Waals surface area (Å²) < 4.78 is 0. The molecule has 0 saturated heterocycles. The summed E-state index contributed by atoms with van der Waals surface area (Å²) in [6.45, 7) is 0.568. The number of hydrogen-bond acceptors (Lipinski definition) is 3. The molecule has 1 fully saturated rings. The Bertz CT molecular complexity index is 501. The number of amides is 1. The number of rotatable bonds is 6. The minimum absolute atomic E-state index is 0.100. The number of carbonyl (C=O) groups is 1. The predicted molar refractivity (Wildman–Crippen MR) is 80.2 cm³/mol. The van der Waals surface area contributed by atoms with Crippen molar-refractivity contribution in [2.75, 3.05) is 13.2 Å². The second kappa shape index (κ2) is 7.24. The van der Waals surface area contributed by atoms with Crippen molar-refractivity contribution in [3.8, 4) is 6.07 Å². The third kappa shape index (κ3) is 4.05. The molecule has 1 amide bonds. The number of nitriles is 1. The fraction of sp³-hybridized carbons (Fsp3) is 0.529. The zero-order valence-electron chi connectivity index (χ0n) is 12.2. The number of aliphatic hydroxyl groups excluding tert-OH is 1. The van der Waals surface area contributed by atoms with E-state index in [1.807, 2.05) is 30.3 Å². The average Bonchev–Trinajstić information content (AvgIpc) is 3.01. The third-order valence-corrected chi connectivity index (χ3v) is 4.39. The summed E-state index contributed by atoms with van der Waals surface area (Å²) in [6, 6.07) is 11.6. The van der Waals surface area contributed by atoms with Crippen LogP contribution in [0.5, 0.6) is 0 Å². The van der Waals surface area contributed by atoms with E-state index >= 15 is 0 Å². The first kappa shape index (κ1) is 15.5. The van der Waals surface area contributed by atoms with Crippen LogP contribution in [0, 0.1) is 22.7 Å². The van der Waals surface area contributed by atoms with E-state index in [0.717, 1.165) is 31.2 Å². The van der Waals surface area contributed by atoms with Crippen LogP contribution in [0.3, 0.4) is 0 Å². The van der Waals surface area contributed by atoms with E-state index in [0.29, 0.717) is 13.0 Å². The normalized spacial score (nSPS) is 17.9. The van der Waals surface area contributed by atoms with E-state index in [-0.39, 0.29) is 17.9 Å². The van der Waals surface area contributed by atoms with Crippen LogP contribution in [0.4, 0.5) is 0 Å². The highest BCUT2D eigenvalue weighted by molar-refractivity contribution is 5.81. The molecule has 0 aromatic heterocycles. The average molecular weight is 286 g/mol. The standard InChI is InChI=1S/C17H22N2O2/c18-11-15(10-14-6-2-1-3-7-14)16(21)19-12-17(13-20)8-4-5-9-17/h1-3,6-7,15,20H,4-5,8-10,12-13H2,(H,19,21). The van der Waals surface area contributed by atoms with E-state index in [9.17, 15) is 15.2 Å². The van der Waals surface area contributed by atoms with Gasteiger partial charge in [-0.05, 0) is 24.8 Å². The van der Waals surface area contributed by atoms with E-state index in [4.69, 9.17) is 0 Å². The van der Waals surface area contributed by atoms with Crippen molar-refractivity contribution in [2.24, 2.45) is 11.3 Å². The molecule has 21 heavy (non-hydrogen) atoms. The van der Waals surface area contributed by atoms with Gasteiger partial charge in [0.25, 0.3) is 0 Å². The van der Waals surface area contributed by atoms with Crippen LogP contribution in [-0.2, 0) is 11.2 Å². The monoisotopic (exact) mass is 286 g/mol. The Balaban J connectivity index is 1.90.